The van der Waals surface area contributed by atoms with Gasteiger partial charge in [-0.3, -0.25) is 0 Å². The zero-order valence-corrected chi connectivity index (χ0v) is 12.7. The van der Waals surface area contributed by atoms with Gasteiger partial charge in [0.2, 0.25) is 0 Å². The average Bonchev–Trinajstić information content (AvgIpc) is 2.40. The van der Waals surface area contributed by atoms with Gasteiger partial charge in [0.05, 0.1) is 6.61 Å². The van der Waals surface area contributed by atoms with Crippen LogP contribution in [0.4, 0.5) is 0 Å². The molecular weight excluding hydrogens is 256 g/mol. The zero-order chi connectivity index (χ0) is 14.1. The number of thioether (sulfide) groups is 1. The van der Waals surface area contributed by atoms with Gasteiger partial charge in [-0.25, -0.2) is 4.79 Å². The van der Waals surface area contributed by atoms with Crippen molar-refractivity contribution in [2.45, 2.75) is 43.8 Å². The van der Waals surface area contributed by atoms with Crippen molar-refractivity contribution in [3.8, 4) is 0 Å². The average molecular weight is 278 g/mol. The Morgan fingerprint density at radius 3 is 2.68 bits per heavy atom. The van der Waals surface area contributed by atoms with Crippen molar-refractivity contribution in [3.63, 3.8) is 0 Å². The van der Waals surface area contributed by atoms with Gasteiger partial charge in [0.15, 0.2) is 0 Å². The van der Waals surface area contributed by atoms with Crippen LogP contribution in [0.2, 0.25) is 0 Å². The van der Waals surface area contributed by atoms with Gasteiger partial charge < -0.3 is 4.74 Å². The van der Waals surface area contributed by atoms with Crippen molar-refractivity contribution in [2.75, 3.05) is 6.61 Å². The lowest BCUT2D eigenvalue weighted by Gasteiger charge is -2.11. The Morgan fingerprint density at radius 1 is 1.37 bits per heavy atom. The number of carbonyl (C=O) groups excluding carboxylic acids is 1. The number of esters is 1. The molecular formula is C16H22O2S. The Hall–Kier alpha value is -1.22. The lowest BCUT2D eigenvalue weighted by molar-refractivity contribution is -0.137. The molecule has 0 saturated heterocycles. The number of carbonyl (C=O) groups is 1. The molecule has 1 atom stereocenters. The maximum absolute atomic E-state index is 11.6. The predicted molar refractivity (Wildman–Crippen MR) is 81.4 cm³/mol. The molecule has 19 heavy (non-hydrogen) atoms. The van der Waals surface area contributed by atoms with E-state index in [1.807, 2.05) is 25.1 Å². The van der Waals surface area contributed by atoms with Gasteiger partial charge in [0.1, 0.15) is 0 Å². The molecule has 3 heteroatoms. The van der Waals surface area contributed by atoms with Crippen molar-refractivity contribution in [1.82, 2.24) is 0 Å². The van der Waals surface area contributed by atoms with E-state index in [-0.39, 0.29) is 11.2 Å². The maximum Gasteiger partial charge on any atom is 0.330 e. The minimum Gasteiger partial charge on any atom is -0.463 e. The fraction of sp³-hybridized carbons (Fsp3) is 0.438. The number of hydrogen-bond acceptors (Lipinski definition) is 3. The molecule has 1 aromatic rings. The monoisotopic (exact) mass is 278 g/mol. The quantitative estimate of drug-likeness (QED) is 0.319. The predicted octanol–water partition coefficient (Wildman–Crippen LogP) is 4.46. The molecule has 0 saturated carbocycles. The molecule has 0 aliphatic heterocycles. The first-order valence-electron chi connectivity index (χ1n) is 6.70. The fourth-order valence-corrected chi connectivity index (χ4v) is 2.43. The summed E-state index contributed by atoms with van der Waals surface area (Å²) in [6, 6.07) is 10.2. The largest absolute Gasteiger partial charge is 0.463 e. The molecule has 104 valence electrons. The molecule has 1 rings (SSSR count). The van der Waals surface area contributed by atoms with E-state index in [2.05, 4.69) is 26.0 Å². The number of ether oxygens (including phenoxy) is 1. The van der Waals surface area contributed by atoms with E-state index in [1.165, 1.54) is 4.90 Å². The van der Waals surface area contributed by atoms with Crippen LogP contribution in [0.3, 0.4) is 0 Å². The molecule has 0 amide bonds. The third-order valence-corrected chi connectivity index (χ3v) is 4.05. The first-order chi connectivity index (χ1) is 9.13. The summed E-state index contributed by atoms with van der Waals surface area (Å²) in [6.45, 7) is 6.66. The van der Waals surface area contributed by atoms with E-state index in [9.17, 15) is 4.79 Å². The SMILES string of the molecule is CCCCOC(=O)C=C(C)C(C)Sc1ccccc1. The van der Waals surface area contributed by atoms with Crippen molar-refractivity contribution < 1.29 is 9.53 Å². The van der Waals surface area contributed by atoms with E-state index in [1.54, 1.807) is 17.8 Å². The molecule has 0 spiro atoms. The van der Waals surface area contributed by atoms with E-state index in [4.69, 9.17) is 4.74 Å². The van der Waals surface area contributed by atoms with Crippen LogP contribution in [0.15, 0.2) is 46.9 Å². The van der Waals surface area contributed by atoms with Gasteiger partial charge >= 0.3 is 5.97 Å². The Bertz CT molecular complexity index is 412. The first kappa shape index (κ1) is 15.8. The molecule has 0 aliphatic carbocycles. The van der Waals surface area contributed by atoms with Crippen molar-refractivity contribution in [1.29, 1.82) is 0 Å². The number of benzene rings is 1. The summed E-state index contributed by atoms with van der Waals surface area (Å²) in [7, 11) is 0. The van der Waals surface area contributed by atoms with Gasteiger partial charge in [-0.2, -0.15) is 0 Å². The maximum atomic E-state index is 11.6. The van der Waals surface area contributed by atoms with Gasteiger partial charge in [-0.05, 0) is 32.4 Å². The summed E-state index contributed by atoms with van der Waals surface area (Å²) in [4.78, 5) is 12.8. The summed E-state index contributed by atoms with van der Waals surface area (Å²) < 4.78 is 5.13. The normalized spacial score (nSPS) is 13.1. The molecule has 0 fully saturated rings. The highest BCUT2D eigenvalue weighted by molar-refractivity contribution is 8.00. The third-order valence-electron chi connectivity index (χ3n) is 2.79. The molecule has 2 nitrogen and oxygen atoms in total. The third kappa shape index (κ3) is 6.48. The molecule has 0 aromatic heterocycles. The Balaban J connectivity index is 2.47. The summed E-state index contributed by atoms with van der Waals surface area (Å²) in [5, 5.41) is 0.265. The highest BCUT2D eigenvalue weighted by Gasteiger charge is 2.08. The second-order valence-corrected chi connectivity index (χ2v) is 5.90. The summed E-state index contributed by atoms with van der Waals surface area (Å²) in [6.07, 6.45) is 3.57. The molecule has 1 aromatic carbocycles. The standard InChI is InChI=1S/C16H22O2S/c1-4-5-11-18-16(17)12-13(2)14(3)19-15-9-7-6-8-10-15/h6-10,12,14H,4-5,11H2,1-3H3. The minimum atomic E-state index is -0.230. The van der Waals surface area contributed by atoms with Crippen molar-refractivity contribution in [3.05, 3.63) is 42.0 Å². The Morgan fingerprint density at radius 2 is 2.05 bits per heavy atom. The second-order valence-electron chi connectivity index (χ2n) is 4.48. The number of unbranched alkanes of at least 4 members (excludes halogenated alkanes) is 1. The second kappa shape index (κ2) is 8.81. The number of rotatable bonds is 7. The van der Waals surface area contributed by atoms with Gasteiger partial charge in [-0.15, -0.1) is 11.8 Å². The molecule has 0 N–H and O–H groups in total. The summed E-state index contributed by atoms with van der Waals surface area (Å²) >= 11 is 1.75. The van der Waals surface area contributed by atoms with Crippen molar-refractivity contribution in [2.24, 2.45) is 0 Å². The summed E-state index contributed by atoms with van der Waals surface area (Å²) in [5.74, 6) is -0.230. The van der Waals surface area contributed by atoms with Crippen LogP contribution in [0.25, 0.3) is 0 Å². The van der Waals surface area contributed by atoms with Crippen LogP contribution < -0.4 is 0 Å². The van der Waals surface area contributed by atoms with Crippen LogP contribution in [0.1, 0.15) is 33.6 Å². The fourth-order valence-electron chi connectivity index (χ4n) is 1.46. The molecule has 0 bridgehead atoms. The van der Waals surface area contributed by atoms with Crippen LogP contribution in [0, 0.1) is 0 Å². The van der Waals surface area contributed by atoms with Crippen LogP contribution in [0.5, 0.6) is 0 Å². The van der Waals surface area contributed by atoms with Crippen LogP contribution in [-0.2, 0) is 9.53 Å². The Kier molecular flexibility index (Phi) is 7.34. The smallest absolute Gasteiger partial charge is 0.330 e. The Labute approximate surface area is 120 Å². The lowest BCUT2D eigenvalue weighted by atomic mass is 10.2. The minimum absolute atomic E-state index is 0.230. The zero-order valence-electron chi connectivity index (χ0n) is 11.9. The molecule has 1 unspecified atom stereocenters. The van der Waals surface area contributed by atoms with E-state index < -0.39 is 0 Å². The van der Waals surface area contributed by atoms with Gasteiger partial charge in [0, 0.05) is 16.2 Å². The summed E-state index contributed by atoms with van der Waals surface area (Å²) in [5.41, 5.74) is 1.04. The molecule has 0 radical (unpaired) electrons. The van der Waals surface area contributed by atoms with Crippen LogP contribution >= 0.6 is 11.8 Å². The first-order valence-corrected chi connectivity index (χ1v) is 7.58. The topological polar surface area (TPSA) is 26.3 Å². The van der Waals surface area contributed by atoms with E-state index in [0.717, 1.165) is 18.4 Å². The van der Waals surface area contributed by atoms with Crippen molar-refractivity contribution >= 4 is 17.7 Å². The van der Waals surface area contributed by atoms with Gasteiger partial charge in [-0.1, -0.05) is 37.1 Å². The highest BCUT2D eigenvalue weighted by atomic mass is 32.2. The highest BCUT2D eigenvalue weighted by Crippen LogP contribution is 2.27. The van der Waals surface area contributed by atoms with Crippen LogP contribution in [-0.4, -0.2) is 17.8 Å². The molecule has 0 heterocycles. The van der Waals surface area contributed by atoms with Gasteiger partial charge in [0.25, 0.3) is 0 Å². The lowest BCUT2D eigenvalue weighted by Crippen LogP contribution is -2.06. The van der Waals surface area contributed by atoms with E-state index >= 15 is 0 Å². The number of hydrogen-bond donors (Lipinski definition) is 0. The molecule has 0 aliphatic rings. The van der Waals surface area contributed by atoms with E-state index in [0.29, 0.717) is 6.61 Å².